The zero-order valence-corrected chi connectivity index (χ0v) is 11.2. The van der Waals surface area contributed by atoms with Crippen molar-refractivity contribution in [1.82, 2.24) is 9.97 Å². The third-order valence-corrected chi connectivity index (χ3v) is 3.25. The second-order valence-electron chi connectivity index (χ2n) is 4.23. The lowest BCUT2D eigenvalue weighted by molar-refractivity contribution is 0.0699. The van der Waals surface area contributed by atoms with E-state index in [-0.39, 0.29) is 27.7 Å². The Kier molecular flexibility index (Phi) is 2.91. The monoisotopic (exact) mass is 288 g/mol. The molecule has 0 atom stereocenters. The molecule has 1 aromatic carbocycles. The molecule has 0 aliphatic rings. The summed E-state index contributed by atoms with van der Waals surface area (Å²) in [6.45, 7) is 1.68. The first kappa shape index (κ1) is 12.6. The van der Waals surface area contributed by atoms with E-state index in [9.17, 15) is 9.90 Å². The van der Waals surface area contributed by atoms with Gasteiger partial charge in [-0.2, -0.15) is 0 Å². The van der Waals surface area contributed by atoms with Crippen molar-refractivity contribution in [2.24, 2.45) is 0 Å². The number of hydrogen-bond acceptors (Lipinski definition) is 4. The van der Waals surface area contributed by atoms with E-state index in [0.717, 1.165) is 0 Å². The maximum Gasteiger partial charge on any atom is 0.341 e. The number of carbonyl (C=O) groups is 1. The molecular weight excluding hydrogens is 280 g/mol. The maximum atomic E-state index is 11.5. The molecular formula is C14H9ClN2O3. The van der Waals surface area contributed by atoms with Gasteiger partial charge >= 0.3 is 5.97 Å². The molecule has 0 fully saturated rings. The number of aromatic nitrogens is 2. The normalized spacial score (nSPS) is 10.9. The minimum atomic E-state index is -1.13. The molecule has 2 aromatic heterocycles. The highest BCUT2D eigenvalue weighted by molar-refractivity contribution is 6.30. The number of halogens is 1. The molecule has 3 rings (SSSR count). The van der Waals surface area contributed by atoms with Gasteiger partial charge in [-0.3, -0.25) is 0 Å². The quantitative estimate of drug-likeness (QED) is 0.780. The van der Waals surface area contributed by atoms with Crippen LogP contribution in [-0.4, -0.2) is 21.0 Å². The number of aryl methyl sites for hydroxylation is 1. The topological polar surface area (TPSA) is 76.2 Å². The molecule has 0 aliphatic carbocycles. The van der Waals surface area contributed by atoms with Crippen molar-refractivity contribution >= 4 is 28.8 Å². The molecule has 2 heterocycles. The average molecular weight is 289 g/mol. The summed E-state index contributed by atoms with van der Waals surface area (Å²) in [4.78, 5) is 19.7. The first-order chi connectivity index (χ1) is 9.58. The van der Waals surface area contributed by atoms with Gasteiger partial charge in [0.1, 0.15) is 11.1 Å². The fourth-order valence-corrected chi connectivity index (χ4v) is 2.09. The Bertz CT molecular complexity index is 812. The van der Waals surface area contributed by atoms with Gasteiger partial charge < -0.3 is 9.52 Å². The van der Waals surface area contributed by atoms with Gasteiger partial charge in [0.15, 0.2) is 10.9 Å². The predicted molar refractivity (Wildman–Crippen MR) is 73.9 cm³/mol. The molecule has 0 spiro atoms. The molecule has 0 aliphatic heterocycles. The van der Waals surface area contributed by atoms with Crippen LogP contribution in [0.25, 0.3) is 22.6 Å². The number of benzene rings is 1. The lowest BCUT2D eigenvalue weighted by Crippen LogP contribution is -1.99. The number of aromatic carboxylic acids is 1. The number of hydrogen-bond donors (Lipinski definition) is 1. The van der Waals surface area contributed by atoms with Crippen molar-refractivity contribution in [2.45, 2.75) is 6.92 Å². The van der Waals surface area contributed by atoms with Crippen LogP contribution < -0.4 is 0 Å². The van der Waals surface area contributed by atoms with E-state index < -0.39 is 5.97 Å². The zero-order chi connectivity index (χ0) is 14.3. The van der Waals surface area contributed by atoms with E-state index >= 15 is 0 Å². The molecule has 3 aromatic rings. The molecule has 0 radical (unpaired) electrons. The fourth-order valence-electron chi connectivity index (χ4n) is 1.96. The number of nitrogens with zero attached hydrogens (tertiary/aromatic N) is 2. The van der Waals surface area contributed by atoms with E-state index in [1.807, 2.05) is 6.07 Å². The molecule has 1 N–H and O–H groups in total. The molecule has 6 heteroatoms. The number of furan rings is 1. The van der Waals surface area contributed by atoms with Gasteiger partial charge in [-0.25, -0.2) is 14.8 Å². The number of carboxylic acid groups (broad SMARTS) is 1. The standard InChI is InChI=1S/C14H9ClN2O3/c1-7-12(15)17-10-9(14(18)19)11(20-13(10)16-7)8-5-3-2-4-6-8/h2-6H,1H3,(H,18,19). The van der Waals surface area contributed by atoms with Crippen LogP contribution in [0.4, 0.5) is 0 Å². The molecule has 0 saturated heterocycles. The summed E-state index contributed by atoms with van der Waals surface area (Å²) in [6, 6.07) is 8.96. The Balaban J connectivity index is 2.38. The van der Waals surface area contributed by atoms with Crippen LogP contribution in [0.3, 0.4) is 0 Å². The van der Waals surface area contributed by atoms with Gasteiger partial charge in [0.05, 0.1) is 5.69 Å². The van der Waals surface area contributed by atoms with Crippen molar-refractivity contribution in [1.29, 1.82) is 0 Å². The Morgan fingerprint density at radius 2 is 1.95 bits per heavy atom. The summed E-state index contributed by atoms with van der Waals surface area (Å²) in [7, 11) is 0. The molecule has 100 valence electrons. The van der Waals surface area contributed by atoms with Crippen molar-refractivity contribution in [3.8, 4) is 11.3 Å². The van der Waals surface area contributed by atoms with E-state index in [1.54, 1.807) is 31.2 Å². The van der Waals surface area contributed by atoms with Crippen LogP contribution in [-0.2, 0) is 0 Å². The Morgan fingerprint density at radius 1 is 1.25 bits per heavy atom. The maximum absolute atomic E-state index is 11.5. The van der Waals surface area contributed by atoms with Crippen molar-refractivity contribution in [3.63, 3.8) is 0 Å². The lowest BCUT2D eigenvalue weighted by Gasteiger charge is -1.97. The minimum absolute atomic E-state index is 0.0272. The summed E-state index contributed by atoms with van der Waals surface area (Å²) in [5.41, 5.74) is 1.44. The zero-order valence-electron chi connectivity index (χ0n) is 10.4. The molecule has 0 saturated carbocycles. The van der Waals surface area contributed by atoms with Gasteiger partial charge in [0, 0.05) is 5.56 Å². The van der Waals surface area contributed by atoms with Crippen LogP contribution in [0.2, 0.25) is 5.15 Å². The third kappa shape index (κ3) is 1.92. The van der Waals surface area contributed by atoms with Crippen LogP contribution in [0.1, 0.15) is 16.1 Å². The van der Waals surface area contributed by atoms with Gasteiger partial charge in [0.25, 0.3) is 0 Å². The Labute approximate surface area is 118 Å². The Morgan fingerprint density at radius 3 is 2.60 bits per heavy atom. The number of rotatable bonds is 2. The van der Waals surface area contributed by atoms with Crippen LogP contribution in [0.15, 0.2) is 34.7 Å². The lowest BCUT2D eigenvalue weighted by atomic mass is 10.1. The van der Waals surface area contributed by atoms with Gasteiger partial charge in [-0.05, 0) is 6.92 Å². The summed E-state index contributed by atoms with van der Waals surface area (Å²) < 4.78 is 5.57. The van der Waals surface area contributed by atoms with Crippen molar-refractivity contribution < 1.29 is 14.3 Å². The largest absolute Gasteiger partial charge is 0.477 e. The van der Waals surface area contributed by atoms with Crippen LogP contribution >= 0.6 is 11.6 Å². The SMILES string of the molecule is Cc1nc2oc(-c3ccccc3)c(C(=O)O)c2nc1Cl. The Hall–Kier alpha value is -2.40. The second-order valence-corrected chi connectivity index (χ2v) is 4.59. The predicted octanol–water partition coefficient (Wildman–Crippen LogP) is 3.55. The molecule has 0 amide bonds. The second kappa shape index (κ2) is 4.61. The summed E-state index contributed by atoms with van der Waals surface area (Å²) in [5.74, 6) is -0.897. The van der Waals surface area contributed by atoms with E-state index in [0.29, 0.717) is 11.3 Å². The van der Waals surface area contributed by atoms with E-state index in [1.165, 1.54) is 0 Å². The molecule has 0 bridgehead atoms. The first-order valence-corrected chi connectivity index (χ1v) is 6.21. The minimum Gasteiger partial charge on any atom is -0.477 e. The first-order valence-electron chi connectivity index (χ1n) is 5.83. The van der Waals surface area contributed by atoms with Crippen LogP contribution in [0, 0.1) is 6.92 Å². The summed E-state index contributed by atoms with van der Waals surface area (Å²) in [5, 5.41) is 9.57. The van der Waals surface area contributed by atoms with Gasteiger partial charge in [0.2, 0.25) is 5.71 Å². The summed E-state index contributed by atoms with van der Waals surface area (Å²) in [6.07, 6.45) is 0. The van der Waals surface area contributed by atoms with Crippen molar-refractivity contribution in [3.05, 3.63) is 46.7 Å². The third-order valence-electron chi connectivity index (χ3n) is 2.89. The average Bonchev–Trinajstić information content (AvgIpc) is 2.79. The van der Waals surface area contributed by atoms with E-state index in [2.05, 4.69) is 9.97 Å². The molecule has 20 heavy (non-hydrogen) atoms. The van der Waals surface area contributed by atoms with E-state index in [4.69, 9.17) is 16.0 Å². The highest BCUT2D eigenvalue weighted by Crippen LogP contribution is 2.32. The van der Waals surface area contributed by atoms with Gasteiger partial charge in [-0.1, -0.05) is 41.9 Å². The molecule has 5 nitrogen and oxygen atoms in total. The molecule has 0 unspecified atom stereocenters. The highest BCUT2D eigenvalue weighted by atomic mass is 35.5. The summed E-state index contributed by atoms with van der Waals surface area (Å²) >= 11 is 5.91. The smallest absolute Gasteiger partial charge is 0.341 e. The van der Waals surface area contributed by atoms with Gasteiger partial charge in [-0.15, -0.1) is 0 Å². The number of fused-ring (bicyclic) bond motifs is 1. The van der Waals surface area contributed by atoms with Crippen LogP contribution in [0.5, 0.6) is 0 Å². The fraction of sp³-hybridized carbons (Fsp3) is 0.0714. The number of carboxylic acids is 1. The highest BCUT2D eigenvalue weighted by Gasteiger charge is 2.24. The van der Waals surface area contributed by atoms with Crippen molar-refractivity contribution in [2.75, 3.05) is 0 Å².